The van der Waals surface area contributed by atoms with Gasteiger partial charge in [0.25, 0.3) is 0 Å². The molecule has 0 saturated heterocycles. The number of nitrogens with zero attached hydrogens (tertiary/aromatic N) is 1. The van der Waals surface area contributed by atoms with E-state index in [0.29, 0.717) is 30.6 Å². The Morgan fingerprint density at radius 3 is 2.74 bits per heavy atom. The van der Waals surface area contributed by atoms with Crippen LogP contribution in [-0.2, 0) is 11.3 Å². The van der Waals surface area contributed by atoms with Crippen molar-refractivity contribution in [1.82, 2.24) is 4.90 Å². The second kappa shape index (κ2) is 6.89. The number of aldehydes is 1. The molecule has 0 fully saturated rings. The van der Waals surface area contributed by atoms with Crippen molar-refractivity contribution in [3.63, 3.8) is 0 Å². The Morgan fingerprint density at radius 2 is 2.16 bits per heavy atom. The van der Waals surface area contributed by atoms with Crippen molar-refractivity contribution in [1.29, 1.82) is 0 Å². The van der Waals surface area contributed by atoms with Crippen LogP contribution in [0.2, 0.25) is 0 Å². The van der Waals surface area contributed by atoms with Gasteiger partial charge in [0, 0.05) is 30.3 Å². The van der Waals surface area contributed by atoms with Crippen LogP contribution < -0.4 is 11.5 Å². The quantitative estimate of drug-likeness (QED) is 0.570. The van der Waals surface area contributed by atoms with Gasteiger partial charge in [0.15, 0.2) is 0 Å². The van der Waals surface area contributed by atoms with E-state index in [0.717, 1.165) is 11.8 Å². The summed E-state index contributed by atoms with van der Waals surface area (Å²) in [6.45, 7) is 2.63. The number of hydrogen-bond acceptors (Lipinski definition) is 4. The third kappa shape index (κ3) is 4.71. The highest BCUT2D eigenvalue weighted by Crippen LogP contribution is 2.16. The van der Waals surface area contributed by atoms with Gasteiger partial charge >= 0.3 is 0 Å². The molecular weight excluding hydrogens is 242 g/mol. The molecule has 5 nitrogen and oxygen atoms in total. The minimum atomic E-state index is -0.294. The maximum absolute atomic E-state index is 11.0. The first-order chi connectivity index (χ1) is 8.93. The van der Waals surface area contributed by atoms with Gasteiger partial charge in [-0.2, -0.15) is 0 Å². The molecule has 1 unspecified atom stereocenters. The molecule has 0 heterocycles. The molecule has 0 bridgehead atoms. The van der Waals surface area contributed by atoms with Crippen LogP contribution in [-0.4, -0.2) is 30.2 Å². The van der Waals surface area contributed by atoms with E-state index in [9.17, 15) is 9.59 Å². The molecule has 0 aromatic heterocycles. The standard InChI is InChI=1S/C14H21N3O2/c1-10(3-6-14(16)19)17(2)8-12-7-13(15)5-4-11(12)9-18/h4-5,7,9-10H,3,6,8,15H2,1-2H3,(H2,16,19). The molecule has 5 heteroatoms. The highest BCUT2D eigenvalue weighted by Gasteiger charge is 2.12. The Hall–Kier alpha value is -1.88. The maximum atomic E-state index is 11.0. The number of amides is 1. The van der Waals surface area contributed by atoms with Crippen molar-refractivity contribution in [3.05, 3.63) is 29.3 Å². The molecule has 1 amide bonds. The molecule has 1 aromatic rings. The fourth-order valence-corrected chi connectivity index (χ4v) is 1.87. The minimum Gasteiger partial charge on any atom is -0.399 e. The van der Waals surface area contributed by atoms with Gasteiger partial charge in [-0.1, -0.05) is 0 Å². The molecule has 0 spiro atoms. The van der Waals surface area contributed by atoms with Crippen molar-refractivity contribution in [2.75, 3.05) is 12.8 Å². The molecule has 0 aliphatic carbocycles. The topological polar surface area (TPSA) is 89.4 Å². The van der Waals surface area contributed by atoms with Crippen LogP contribution in [0.5, 0.6) is 0 Å². The molecule has 1 aromatic carbocycles. The first-order valence-corrected chi connectivity index (χ1v) is 6.26. The number of rotatable bonds is 7. The van der Waals surface area contributed by atoms with Crippen LogP contribution in [0.3, 0.4) is 0 Å². The molecule has 19 heavy (non-hydrogen) atoms. The molecule has 1 rings (SSSR count). The van der Waals surface area contributed by atoms with E-state index < -0.39 is 0 Å². The van der Waals surface area contributed by atoms with Crippen LogP contribution >= 0.6 is 0 Å². The molecule has 104 valence electrons. The molecule has 0 radical (unpaired) electrons. The van der Waals surface area contributed by atoms with Gasteiger partial charge in [-0.05, 0) is 44.2 Å². The van der Waals surface area contributed by atoms with E-state index >= 15 is 0 Å². The van der Waals surface area contributed by atoms with E-state index in [2.05, 4.69) is 4.90 Å². The number of hydrogen-bond donors (Lipinski definition) is 2. The second-order valence-corrected chi connectivity index (χ2v) is 4.85. The predicted octanol–water partition coefficient (Wildman–Crippen LogP) is 1.17. The zero-order valence-electron chi connectivity index (χ0n) is 11.4. The molecule has 0 aliphatic rings. The van der Waals surface area contributed by atoms with E-state index in [1.54, 1.807) is 18.2 Å². The van der Waals surface area contributed by atoms with Crippen molar-refractivity contribution >= 4 is 17.9 Å². The molecule has 0 aliphatic heterocycles. The van der Waals surface area contributed by atoms with Crippen LogP contribution in [0.1, 0.15) is 35.7 Å². The molecular formula is C14H21N3O2. The van der Waals surface area contributed by atoms with E-state index in [4.69, 9.17) is 11.5 Å². The normalized spacial score (nSPS) is 12.4. The van der Waals surface area contributed by atoms with Crippen molar-refractivity contribution in [3.8, 4) is 0 Å². The second-order valence-electron chi connectivity index (χ2n) is 4.85. The summed E-state index contributed by atoms with van der Waals surface area (Å²) >= 11 is 0. The Balaban J connectivity index is 2.70. The summed E-state index contributed by atoms with van der Waals surface area (Å²) in [6.07, 6.45) is 1.89. The number of primary amides is 1. The number of carbonyl (C=O) groups is 2. The lowest BCUT2D eigenvalue weighted by Crippen LogP contribution is -2.30. The Kier molecular flexibility index (Phi) is 5.51. The van der Waals surface area contributed by atoms with Crippen LogP contribution in [0.4, 0.5) is 5.69 Å². The fraction of sp³-hybridized carbons (Fsp3) is 0.429. The lowest BCUT2D eigenvalue weighted by Gasteiger charge is -2.25. The number of carbonyl (C=O) groups excluding carboxylic acids is 2. The van der Waals surface area contributed by atoms with E-state index in [1.165, 1.54) is 0 Å². The Labute approximate surface area is 113 Å². The SMILES string of the molecule is CC(CCC(N)=O)N(C)Cc1cc(N)ccc1C=O. The lowest BCUT2D eigenvalue weighted by atomic mass is 10.1. The van der Waals surface area contributed by atoms with Gasteiger partial charge in [-0.25, -0.2) is 0 Å². The highest BCUT2D eigenvalue weighted by molar-refractivity contribution is 5.78. The summed E-state index contributed by atoms with van der Waals surface area (Å²) in [5, 5.41) is 0. The molecule has 4 N–H and O–H groups in total. The predicted molar refractivity (Wildman–Crippen MR) is 75.6 cm³/mol. The monoisotopic (exact) mass is 263 g/mol. The van der Waals surface area contributed by atoms with Crippen LogP contribution in [0.25, 0.3) is 0 Å². The summed E-state index contributed by atoms with van der Waals surface area (Å²) in [7, 11) is 1.95. The van der Waals surface area contributed by atoms with Crippen molar-refractivity contribution in [2.45, 2.75) is 32.4 Å². The molecule has 0 saturated carbocycles. The smallest absolute Gasteiger partial charge is 0.217 e. The van der Waals surface area contributed by atoms with E-state index in [-0.39, 0.29) is 11.9 Å². The van der Waals surface area contributed by atoms with Crippen LogP contribution in [0.15, 0.2) is 18.2 Å². The van der Waals surface area contributed by atoms with Gasteiger partial charge in [0.2, 0.25) is 5.91 Å². The van der Waals surface area contributed by atoms with Crippen molar-refractivity contribution in [2.24, 2.45) is 5.73 Å². The first kappa shape index (κ1) is 15.2. The van der Waals surface area contributed by atoms with Gasteiger partial charge in [-0.15, -0.1) is 0 Å². The largest absolute Gasteiger partial charge is 0.399 e. The zero-order chi connectivity index (χ0) is 14.4. The zero-order valence-corrected chi connectivity index (χ0v) is 11.4. The Bertz CT molecular complexity index is 460. The first-order valence-electron chi connectivity index (χ1n) is 6.26. The number of nitrogen functional groups attached to an aromatic ring is 1. The summed E-state index contributed by atoms with van der Waals surface area (Å²) in [5.41, 5.74) is 13.0. The van der Waals surface area contributed by atoms with Crippen LogP contribution in [0, 0.1) is 0 Å². The maximum Gasteiger partial charge on any atom is 0.217 e. The number of benzene rings is 1. The fourth-order valence-electron chi connectivity index (χ4n) is 1.87. The summed E-state index contributed by atoms with van der Waals surface area (Å²) in [4.78, 5) is 23.8. The number of nitrogens with two attached hydrogens (primary N) is 2. The summed E-state index contributed by atoms with van der Waals surface area (Å²) in [6, 6.07) is 5.44. The average Bonchev–Trinajstić information content (AvgIpc) is 2.36. The highest BCUT2D eigenvalue weighted by atomic mass is 16.1. The summed E-state index contributed by atoms with van der Waals surface area (Å²) in [5.74, 6) is -0.294. The van der Waals surface area contributed by atoms with Gasteiger partial charge in [-0.3, -0.25) is 14.5 Å². The summed E-state index contributed by atoms with van der Waals surface area (Å²) < 4.78 is 0. The van der Waals surface area contributed by atoms with Gasteiger partial charge < -0.3 is 11.5 Å². The Morgan fingerprint density at radius 1 is 1.47 bits per heavy atom. The third-order valence-corrected chi connectivity index (χ3v) is 3.27. The average molecular weight is 263 g/mol. The lowest BCUT2D eigenvalue weighted by molar-refractivity contribution is -0.118. The minimum absolute atomic E-state index is 0.202. The van der Waals surface area contributed by atoms with Gasteiger partial charge in [0.1, 0.15) is 6.29 Å². The van der Waals surface area contributed by atoms with E-state index in [1.807, 2.05) is 14.0 Å². The van der Waals surface area contributed by atoms with Crippen molar-refractivity contribution < 1.29 is 9.59 Å². The van der Waals surface area contributed by atoms with Gasteiger partial charge in [0.05, 0.1) is 0 Å². The molecule has 1 atom stereocenters. The number of anilines is 1. The third-order valence-electron chi connectivity index (χ3n) is 3.27.